The van der Waals surface area contributed by atoms with Crippen molar-refractivity contribution in [1.29, 1.82) is 0 Å². The Bertz CT molecular complexity index is 802. The lowest BCUT2D eigenvalue weighted by Crippen LogP contribution is -2.14. The Morgan fingerprint density at radius 3 is 1.66 bits per heavy atom. The fraction of sp³-hybridized carbons (Fsp3) is 0.714. The van der Waals surface area contributed by atoms with Gasteiger partial charge in [0.05, 0.1) is 10.8 Å². The molecular weight excluding hydrogens is 400 g/mol. The molecule has 2 N–H and O–H groups in total. The van der Waals surface area contributed by atoms with Gasteiger partial charge in [-0.15, -0.1) is 0 Å². The van der Waals surface area contributed by atoms with E-state index in [2.05, 4.69) is 26.0 Å². The monoisotopic (exact) mass is 442 g/mol. The summed E-state index contributed by atoms with van der Waals surface area (Å²) in [6, 6.07) is 4.65. The number of carboxylic acids is 2. The molecule has 0 radical (unpaired) electrons. The van der Waals surface area contributed by atoms with Gasteiger partial charge in [-0.05, 0) is 94.7 Å². The number of carboxylic acid groups (broad SMARTS) is 2. The highest BCUT2D eigenvalue weighted by molar-refractivity contribution is 5.78. The van der Waals surface area contributed by atoms with Crippen LogP contribution in [-0.2, 0) is 22.4 Å². The number of unbranched alkanes of at least 4 members (excludes halogenated alkanes) is 6. The predicted octanol–water partition coefficient (Wildman–Crippen LogP) is 7.02. The van der Waals surface area contributed by atoms with E-state index in [-0.39, 0.29) is 10.8 Å². The van der Waals surface area contributed by atoms with Crippen molar-refractivity contribution in [1.82, 2.24) is 0 Å². The van der Waals surface area contributed by atoms with E-state index in [1.165, 1.54) is 47.9 Å². The molecule has 32 heavy (non-hydrogen) atoms. The van der Waals surface area contributed by atoms with Crippen LogP contribution in [0.15, 0.2) is 12.1 Å². The van der Waals surface area contributed by atoms with E-state index < -0.39 is 11.9 Å². The summed E-state index contributed by atoms with van der Waals surface area (Å²) < 4.78 is 0. The molecule has 178 valence electrons. The summed E-state index contributed by atoms with van der Waals surface area (Å²) in [5.41, 5.74) is 5.01. The zero-order chi connectivity index (χ0) is 23.2. The fourth-order valence-corrected chi connectivity index (χ4v) is 5.36. The van der Waals surface area contributed by atoms with Crippen LogP contribution < -0.4 is 0 Å². The van der Waals surface area contributed by atoms with Gasteiger partial charge in [0, 0.05) is 0 Å². The predicted molar refractivity (Wildman–Crippen MR) is 128 cm³/mol. The van der Waals surface area contributed by atoms with Gasteiger partial charge in [-0.3, -0.25) is 9.59 Å². The number of aryl methyl sites for hydroxylation is 3. The number of hydrogen-bond acceptors (Lipinski definition) is 2. The second kappa shape index (κ2) is 10.9. The molecule has 0 atom stereocenters. The molecule has 0 unspecified atom stereocenters. The maximum absolute atomic E-state index is 11.3. The first kappa shape index (κ1) is 24.8. The van der Waals surface area contributed by atoms with Crippen LogP contribution in [0.5, 0.6) is 0 Å². The summed E-state index contributed by atoms with van der Waals surface area (Å²) in [7, 11) is 0. The number of aliphatic carboxylic acids is 2. The Kier molecular flexibility index (Phi) is 8.41. The minimum atomic E-state index is -0.591. The average molecular weight is 443 g/mol. The van der Waals surface area contributed by atoms with Crippen LogP contribution in [-0.4, -0.2) is 22.2 Å². The van der Waals surface area contributed by atoms with Crippen molar-refractivity contribution in [3.05, 3.63) is 34.4 Å². The second-order valence-corrected chi connectivity index (χ2v) is 10.7. The van der Waals surface area contributed by atoms with Gasteiger partial charge in [0.15, 0.2) is 0 Å². The molecule has 3 rings (SSSR count). The molecule has 2 aliphatic rings. The second-order valence-electron chi connectivity index (χ2n) is 10.7. The highest BCUT2D eigenvalue weighted by Gasteiger charge is 2.49. The molecule has 0 aliphatic heterocycles. The lowest BCUT2D eigenvalue weighted by Gasteiger charge is -2.15. The van der Waals surface area contributed by atoms with Crippen LogP contribution in [0, 0.1) is 24.7 Å². The molecule has 0 bridgehead atoms. The van der Waals surface area contributed by atoms with E-state index in [1.807, 2.05) is 0 Å². The van der Waals surface area contributed by atoms with Crippen molar-refractivity contribution in [3.8, 4) is 0 Å². The molecule has 2 aliphatic carbocycles. The van der Waals surface area contributed by atoms with Gasteiger partial charge in [0.2, 0.25) is 0 Å². The first-order valence-electron chi connectivity index (χ1n) is 12.8. The van der Waals surface area contributed by atoms with E-state index in [0.29, 0.717) is 0 Å². The van der Waals surface area contributed by atoms with Crippen LogP contribution in [0.25, 0.3) is 0 Å². The molecule has 0 amide bonds. The van der Waals surface area contributed by atoms with Crippen LogP contribution in [0.1, 0.15) is 112 Å². The van der Waals surface area contributed by atoms with Crippen molar-refractivity contribution in [3.63, 3.8) is 0 Å². The normalized spacial score (nSPS) is 17.8. The van der Waals surface area contributed by atoms with Crippen molar-refractivity contribution in [2.24, 2.45) is 10.8 Å². The number of hydrogen-bond donors (Lipinski definition) is 2. The molecule has 2 saturated carbocycles. The Hall–Kier alpha value is -1.84. The maximum atomic E-state index is 11.3. The molecule has 4 heteroatoms. The molecule has 4 nitrogen and oxygen atoms in total. The van der Waals surface area contributed by atoms with Gasteiger partial charge < -0.3 is 10.2 Å². The van der Waals surface area contributed by atoms with E-state index in [4.69, 9.17) is 0 Å². The molecule has 0 heterocycles. The minimum Gasteiger partial charge on any atom is -0.481 e. The van der Waals surface area contributed by atoms with E-state index in [0.717, 1.165) is 77.0 Å². The smallest absolute Gasteiger partial charge is 0.309 e. The lowest BCUT2D eigenvalue weighted by atomic mass is 9.90. The largest absolute Gasteiger partial charge is 0.481 e. The van der Waals surface area contributed by atoms with Crippen molar-refractivity contribution < 1.29 is 19.8 Å². The topological polar surface area (TPSA) is 74.6 Å². The zero-order valence-electron chi connectivity index (χ0n) is 20.2. The zero-order valence-corrected chi connectivity index (χ0v) is 20.2. The van der Waals surface area contributed by atoms with Gasteiger partial charge in [-0.2, -0.15) is 0 Å². The van der Waals surface area contributed by atoms with Crippen LogP contribution >= 0.6 is 0 Å². The molecule has 2 fully saturated rings. The van der Waals surface area contributed by atoms with Gasteiger partial charge in [-0.25, -0.2) is 0 Å². The van der Waals surface area contributed by atoms with Crippen molar-refractivity contribution in [2.75, 3.05) is 0 Å². The Morgan fingerprint density at radius 1 is 0.719 bits per heavy atom. The first-order chi connectivity index (χ1) is 15.3. The lowest BCUT2D eigenvalue weighted by molar-refractivity contribution is -0.144. The summed E-state index contributed by atoms with van der Waals surface area (Å²) in [4.78, 5) is 22.6. The molecule has 0 aromatic heterocycles. The third-order valence-corrected chi connectivity index (χ3v) is 8.01. The Labute approximate surface area is 193 Å². The molecule has 0 saturated heterocycles. The molecule has 1 aromatic carbocycles. The summed E-state index contributed by atoms with van der Waals surface area (Å²) in [6.07, 6.45) is 16.4. The van der Waals surface area contributed by atoms with Crippen molar-refractivity contribution in [2.45, 2.75) is 117 Å². The van der Waals surface area contributed by atoms with E-state index in [9.17, 15) is 19.8 Å². The minimum absolute atomic E-state index is 0.367. The molecule has 1 aromatic rings. The van der Waals surface area contributed by atoms with Gasteiger partial charge >= 0.3 is 11.9 Å². The van der Waals surface area contributed by atoms with E-state index >= 15 is 0 Å². The van der Waals surface area contributed by atoms with Gasteiger partial charge in [0.1, 0.15) is 0 Å². The fourth-order valence-electron chi connectivity index (χ4n) is 5.36. The van der Waals surface area contributed by atoms with E-state index in [1.54, 1.807) is 0 Å². The summed E-state index contributed by atoms with van der Waals surface area (Å²) >= 11 is 0. The highest BCUT2D eigenvalue weighted by atomic mass is 16.4. The molecule has 0 spiro atoms. The quantitative estimate of drug-likeness (QED) is 0.270. The summed E-state index contributed by atoms with van der Waals surface area (Å²) in [6.45, 7) is 4.41. The standard InChI is InChI=1S/C28H42O4/c1-21-19-22(2)24(12-8-4-6-10-14-28(17-18-28)26(31)32)23(20-21)11-7-3-5-9-13-27(15-16-27)25(29)30/h19-20H,3-18H2,1-2H3,(H,29,30)(H,31,32). The molecular formula is C28H42O4. The number of carbonyl (C=O) groups is 2. The number of benzene rings is 1. The maximum Gasteiger partial charge on any atom is 0.309 e. The van der Waals surface area contributed by atoms with Crippen molar-refractivity contribution >= 4 is 11.9 Å². The van der Waals surface area contributed by atoms with Crippen LogP contribution in [0.3, 0.4) is 0 Å². The summed E-state index contributed by atoms with van der Waals surface area (Å²) in [5.74, 6) is -1.18. The van der Waals surface area contributed by atoms with Crippen LogP contribution in [0.2, 0.25) is 0 Å². The highest BCUT2D eigenvalue weighted by Crippen LogP contribution is 2.50. The Morgan fingerprint density at radius 2 is 1.19 bits per heavy atom. The third-order valence-electron chi connectivity index (χ3n) is 8.01. The average Bonchev–Trinajstić information content (AvgIpc) is 3.64. The third kappa shape index (κ3) is 6.59. The van der Waals surface area contributed by atoms with Crippen LogP contribution in [0.4, 0.5) is 0 Å². The first-order valence-corrected chi connectivity index (χ1v) is 12.8. The van der Waals surface area contributed by atoms with Gasteiger partial charge in [0.25, 0.3) is 0 Å². The SMILES string of the molecule is Cc1cc(C)c(CCCCCCC2(C(=O)O)CC2)c(CCCCCCC2(C(=O)O)CC2)c1. The van der Waals surface area contributed by atoms with Gasteiger partial charge in [-0.1, -0.05) is 56.2 Å². The number of rotatable bonds is 16. The Balaban J connectivity index is 1.36. The summed E-state index contributed by atoms with van der Waals surface area (Å²) in [5, 5.41) is 18.6.